The summed E-state index contributed by atoms with van der Waals surface area (Å²) in [6.45, 7) is 5.77. The Bertz CT molecular complexity index is 578. The molecular formula is C17H20FNO. The summed E-state index contributed by atoms with van der Waals surface area (Å²) in [6, 6.07) is 12.4. The van der Waals surface area contributed by atoms with E-state index in [1.54, 1.807) is 6.07 Å². The van der Waals surface area contributed by atoms with Gasteiger partial charge in [-0.05, 0) is 50.1 Å². The second kappa shape index (κ2) is 6.06. The van der Waals surface area contributed by atoms with Gasteiger partial charge in [-0.3, -0.25) is 0 Å². The first-order valence-electron chi connectivity index (χ1n) is 6.72. The zero-order valence-electron chi connectivity index (χ0n) is 12.1. The number of hydrogen-bond donors (Lipinski definition) is 1. The molecule has 0 amide bonds. The van der Waals surface area contributed by atoms with Crippen molar-refractivity contribution in [3.05, 3.63) is 65.0 Å². The lowest BCUT2D eigenvalue weighted by Crippen LogP contribution is -2.29. The van der Waals surface area contributed by atoms with Gasteiger partial charge in [0.05, 0.1) is 0 Å². The quantitative estimate of drug-likeness (QED) is 0.916. The first-order chi connectivity index (χ1) is 9.47. The van der Waals surface area contributed by atoms with Gasteiger partial charge in [0.15, 0.2) is 0 Å². The minimum absolute atomic E-state index is 0.165. The molecular weight excluding hydrogens is 253 g/mol. The van der Waals surface area contributed by atoms with E-state index in [4.69, 9.17) is 10.5 Å². The predicted octanol–water partition coefficient (Wildman–Crippen LogP) is 3.91. The summed E-state index contributed by atoms with van der Waals surface area (Å²) >= 11 is 0. The number of ether oxygens (including phenoxy) is 1. The molecule has 0 aromatic heterocycles. The molecule has 0 aliphatic rings. The Morgan fingerprint density at radius 3 is 2.25 bits per heavy atom. The van der Waals surface area contributed by atoms with Crippen LogP contribution in [0, 0.1) is 19.7 Å². The number of aryl methyl sites for hydroxylation is 2. The maximum Gasteiger partial charge on any atom is 0.138 e. The molecule has 0 aliphatic carbocycles. The number of nitrogens with two attached hydrogens (primary N) is 1. The van der Waals surface area contributed by atoms with E-state index in [1.165, 1.54) is 17.7 Å². The van der Waals surface area contributed by atoms with Gasteiger partial charge < -0.3 is 10.5 Å². The van der Waals surface area contributed by atoms with Crippen molar-refractivity contribution in [1.82, 2.24) is 0 Å². The van der Waals surface area contributed by atoms with Crippen LogP contribution in [-0.4, -0.2) is 6.04 Å². The normalized spacial score (nSPS) is 13.8. The summed E-state index contributed by atoms with van der Waals surface area (Å²) in [6.07, 6.45) is -0.250. The molecule has 2 N–H and O–H groups in total. The van der Waals surface area contributed by atoms with E-state index in [1.807, 2.05) is 45.0 Å². The van der Waals surface area contributed by atoms with Crippen LogP contribution in [0.3, 0.4) is 0 Å². The smallest absolute Gasteiger partial charge is 0.138 e. The maximum atomic E-state index is 13.1. The van der Waals surface area contributed by atoms with Crippen molar-refractivity contribution in [2.24, 2.45) is 5.73 Å². The van der Waals surface area contributed by atoms with Crippen molar-refractivity contribution < 1.29 is 9.13 Å². The molecule has 0 heterocycles. The predicted molar refractivity (Wildman–Crippen MR) is 79.3 cm³/mol. The zero-order valence-corrected chi connectivity index (χ0v) is 12.1. The molecule has 0 radical (unpaired) electrons. The van der Waals surface area contributed by atoms with Crippen LogP contribution in [0.2, 0.25) is 0 Å². The van der Waals surface area contributed by atoms with E-state index in [0.717, 1.165) is 11.1 Å². The summed E-state index contributed by atoms with van der Waals surface area (Å²) in [5.74, 6) is 0.400. The molecule has 20 heavy (non-hydrogen) atoms. The summed E-state index contributed by atoms with van der Waals surface area (Å²) < 4.78 is 19.1. The Balaban J connectivity index is 2.28. The van der Waals surface area contributed by atoms with E-state index >= 15 is 0 Å². The largest absolute Gasteiger partial charge is 0.484 e. The van der Waals surface area contributed by atoms with Crippen LogP contribution in [0.15, 0.2) is 42.5 Å². The molecule has 2 unspecified atom stereocenters. The fourth-order valence-electron chi connectivity index (χ4n) is 2.12. The van der Waals surface area contributed by atoms with E-state index in [9.17, 15) is 4.39 Å². The Labute approximate surface area is 119 Å². The zero-order chi connectivity index (χ0) is 14.7. The second-order valence-corrected chi connectivity index (χ2v) is 5.22. The molecule has 2 aromatic carbocycles. The molecule has 0 spiro atoms. The Kier molecular flexibility index (Phi) is 4.40. The summed E-state index contributed by atoms with van der Waals surface area (Å²) in [7, 11) is 0. The number of rotatable bonds is 4. The minimum Gasteiger partial charge on any atom is -0.484 e. The third-order valence-corrected chi connectivity index (χ3v) is 3.27. The maximum absolute atomic E-state index is 13.1. The molecule has 0 fully saturated rings. The van der Waals surface area contributed by atoms with Gasteiger partial charge in [-0.15, -0.1) is 0 Å². The van der Waals surface area contributed by atoms with Gasteiger partial charge in [-0.25, -0.2) is 4.39 Å². The lowest BCUT2D eigenvalue weighted by molar-refractivity contribution is 0.179. The van der Waals surface area contributed by atoms with Crippen molar-refractivity contribution >= 4 is 0 Å². The molecule has 0 saturated carbocycles. The van der Waals surface area contributed by atoms with E-state index < -0.39 is 0 Å². The van der Waals surface area contributed by atoms with Crippen LogP contribution in [0.25, 0.3) is 0 Å². The van der Waals surface area contributed by atoms with Crippen LogP contribution >= 0.6 is 0 Å². The second-order valence-electron chi connectivity index (χ2n) is 5.22. The van der Waals surface area contributed by atoms with Crippen molar-refractivity contribution in [3.8, 4) is 5.75 Å². The molecule has 2 nitrogen and oxygen atoms in total. The fourth-order valence-corrected chi connectivity index (χ4v) is 2.12. The third kappa shape index (κ3) is 3.36. The highest BCUT2D eigenvalue weighted by Crippen LogP contribution is 2.27. The molecule has 2 rings (SSSR count). The topological polar surface area (TPSA) is 35.2 Å². The average molecular weight is 273 g/mol. The molecule has 0 bridgehead atoms. The highest BCUT2D eigenvalue weighted by atomic mass is 19.1. The van der Waals surface area contributed by atoms with Crippen LogP contribution in [0.4, 0.5) is 4.39 Å². The first kappa shape index (κ1) is 14.5. The molecule has 106 valence electrons. The van der Waals surface area contributed by atoms with Crippen LogP contribution < -0.4 is 10.5 Å². The lowest BCUT2D eigenvalue weighted by Gasteiger charge is -2.24. The summed E-state index contributed by atoms with van der Waals surface area (Å²) in [4.78, 5) is 0. The van der Waals surface area contributed by atoms with Crippen molar-refractivity contribution in [2.45, 2.75) is 32.9 Å². The van der Waals surface area contributed by atoms with E-state index in [0.29, 0.717) is 5.75 Å². The van der Waals surface area contributed by atoms with Crippen molar-refractivity contribution in [3.63, 3.8) is 0 Å². The Morgan fingerprint density at radius 2 is 1.70 bits per heavy atom. The third-order valence-electron chi connectivity index (χ3n) is 3.27. The Morgan fingerprint density at radius 1 is 1.05 bits per heavy atom. The molecule has 0 aliphatic heterocycles. The molecule has 3 heteroatoms. The molecule has 2 aromatic rings. The number of hydrogen-bond acceptors (Lipinski definition) is 2. The van der Waals surface area contributed by atoms with Gasteiger partial charge in [0.1, 0.15) is 17.7 Å². The summed E-state index contributed by atoms with van der Waals surface area (Å²) in [5, 5.41) is 0. The van der Waals surface area contributed by atoms with Crippen molar-refractivity contribution in [2.75, 3.05) is 0 Å². The molecule has 0 saturated heterocycles. The van der Waals surface area contributed by atoms with E-state index in [2.05, 4.69) is 0 Å². The Hall–Kier alpha value is -1.87. The first-order valence-corrected chi connectivity index (χ1v) is 6.72. The lowest BCUT2D eigenvalue weighted by atomic mass is 10.0. The van der Waals surface area contributed by atoms with Gasteiger partial charge >= 0.3 is 0 Å². The number of benzene rings is 2. The monoisotopic (exact) mass is 273 g/mol. The van der Waals surface area contributed by atoms with Gasteiger partial charge in [0.25, 0.3) is 0 Å². The van der Waals surface area contributed by atoms with Gasteiger partial charge in [0.2, 0.25) is 0 Å². The van der Waals surface area contributed by atoms with Gasteiger partial charge in [0, 0.05) is 6.04 Å². The van der Waals surface area contributed by atoms with Gasteiger partial charge in [-0.1, -0.05) is 29.8 Å². The van der Waals surface area contributed by atoms with Crippen LogP contribution in [0.1, 0.15) is 29.7 Å². The standard InChI is InChI=1S/C17H20FNO/c1-11-4-6-14(7-5-11)17(13(3)19)20-16-9-8-15(18)10-12(16)2/h4-10,13,17H,19H2,1-3H3. The van der Waals surface area contributed by atoms with Crippen LogP contribution in [0.5, 0.6) is 5.75 Å². The fraction of sp³-hybridized carbons (Fsp3) is 0.294. The highest BCUT2D eigenvalue weighted by Gasteiger charge is 2.19. The van der Waals surface area contributed by atoms with E-state index in [-0.39, 0.29) is 18.0 Å². The minimum atomic E-state index is -0.262. The van der Waals surface area contributed by atoms with Gasteiger partial charge in [-0.2, -0.15) is 0 Å². The summed E-state index contributed by atoms with van der Waals surface area (Å²) in [5.41, 5.74) is 9.01. The SMILES string of the molecule is Cc1ccc(C(Oc2ccc(F)cc2C)C(C)N)cc1. The average Bonchev–Trinajstić information content (AvgIpc) is 2.39. The highest BCUT2D eigenvalue weighted by molar-refractivity contribution is 5.34. The molecule has 2 atom stereocenters. The number of halogens is 1. The van der Waals surface area contributed by atoms with Crippen LogP contribution in [-0.2, 0) is 0 Å². The van der Waals surface area contributed by atoms with Crippen molar-refractivity contribution in [1.29, 1.82) is 0 Å².